The topological polar surface area (TPSA) is 35.5 Å². The Kier molecular flexibility index (Phi) is 4.87. The zero-order chi connectivity index (χ0) is 12.2. The van der Waals surface area contributed by atoms with Crippen molar-refractivity contribution in [3.05, 3.63) is 12.2 Å². The van der Waals surface area contributed by atoms with E-state index in [-0.39, 0.29) is 17.0 Å². The highest BCUT2D eigenvalue weighted by atomic mass is 32.2. The first kappa shape index (κ1) is 13.6. The third-order valence-electron chi connectivity index (χ3n) is 2.93. The summed E-state index contributed by atoms with van der Waals surface area (Å²) in [7, 11) is 1.72. The van der Waals surface area contributed by atoms with Gasteiger partial charge in [0, 0.05) is 18.4 Å². The van der Waals surface area contributed by atoms with Crippen LogP contribution in [0.4, 0.5) is 0 Å². The second kappa shape index (κ2) is 5.73. The quantitative estimate of drug-likeness (QED) is 0.562. The SMILES string of the molecule is C=C(C)C(=O)OC1(CC)CCC(OC)SC1. The number of ether oxygens (including phenoxy) is 2. The summed E-state index contributed by atoms with van der Waals surface area (Å²) >= 11 is 1.72. The van der Waals surface area contributed by atoms with Gasteiger partial charge in [0.1, 0.15) is 11.0 Å². The summed E-state index contributed by atoms with van der Waals surface area (Å²) in [6.45, 7) is 7.35. The van der Waals surface area contributed by atoms with Crippen LogP contribution in [0.2, 0.25) is 0 Å². The number of thioether (sulfide) groups is 1. The highest BCUT2D eigenvalue weighted by molar-refractivity contribution is 7.99. The lowest BCUT2D eigenvalue weighted by Crippen LogP contribution is -2.41. The van der Waals surface area contributed by atoms with Crippen molar-refractivity contribution < 1.29 is 14.3 Å². The highest BCUT2D eigenvalue weighted by Crippen LogP contribution is 2.37. The molecule has 0 aliphatic carbocycles. The molecule has 0 saturated carbocycles. The van der Waals surface area contributed by atoms with Crippen molar-refractivity contribution in [1.29, 1.82) is 0 Å². The molecule has 1 aliphatic heterocycles. The number of rotatable bonds is 4. The summed E-state index contributed by atoms with van der Waals surface area (Å²) in [5, 5.41) is 0. The van der Waals surface area contributed by atoms with Crippen LogP contribution >= 0.6 is 11.8 Å². The maximum atomic E-state index is 11.6. The Bertz CT molecular complexity index is 267. The second-order valence-electron chi connectivity index (χ2n) is 4.22. The van der Waals surface area contributed by atoms with E-state index in [0.29, 0.717) is 5.57 Å². The molecule has 0 spiro atoms. The molecular weight excluding hydrogens is 224 g/mol. The van der Waals surface area contributed by atoms with Gasteiger partial charge >= 0.3 is 5.97 Å². The fourth-order valence-electron chi connectivity index (χ4n) is 1.68. The van der Waals surface area contributed by atoms with Crippen LogP contribution in [-0.2, 0) is 14.3 Å². The lowest BCUT2D eigenvalue weighted by Gasteiger charge is -2.38. The van der Waals surface area contributed by atoms with Gasteiger partial charge in [0.05, 0.1) is 0 Å². The Morgan fingerprint density at radius 2 is 2.31 bits per heavy atom. The van der Waals surface area contributed by atoms with E-state index in [9.17, 15) is 4.79 Å². The number of carbonyl (C=O) groups is 1. The Balaban J connectivity index is 2.59. The van der Waals surface area contributed by atoms with Gasteiger partial charge in [-0.05, 0) is 26.2 Å². The zero-order valence-electron chi connectivity index (χ0n) is 10.2. The van der Waals surface area contributed by atoms with Crippen molar-refractivity contribution in [3.8, 4) is 0 Å². The molecule has 2 atom stereocenters. The molecule has 16 heavy (non-hydrogen) atoms. The van der Waals surface area contributed by atoms with E-state index >= 15 is 0 Å². The van der Waals surface area contributed by atoms with Crippen LogP contribution in [0.1, 0.15) is 33.1 Å². The van der Waals surface area contributed by atoms with Gasteiger partial charge in [0.25, 0.3) is 0 Å². The molecule has 1 heterocycles. The molecule has 0 amide bonds. The number of hydrogen-bond donors (Lipinski definition) is 0. The average Bonchev–Trinajstić information content (AvgIpc) is 2.29. The summed E-state index contributed by atoms with van der Waals surface area (Å²) in [5.41, 5.74) is 0.380. The smallest absolute Gasteiger partial charge is 0.333 e. The Labute approximate surface area is 102 Å². The predicted octanol–water partition coefficient (Wildman–Crippen LogP) is 2.75. The first-order valence-electron chi connectivity index (χ1n) is 5.56. The molecule has 1 saturated heterocycles. The molecule has 4 heteroatoms. The monoisotopic (exact) mass is 244 g/mol. The molecule has 0 aromatic rings. The van der Waals surface area contributed by atoms with Crippen LogP contribution in [0.3, 0.4) is 0 Å². The maximum absolute atomic E-state index is 11.6. The van der Waals surface area contributed by atoms with E-state index in [1.165, 1.54) is 0 Å². The molecule has 0 bridgehead atoms. The zero-order valence-corrected chi connectivity index (χ0v) is 11.1. The minimum absolute atomic E-state index is 0.239. The van der Waals surface area contributed by atoms with Crippen molar-refractivity contribution in [2.24, 2.45) is 0 Å². The predicted molar refractivity (Wildman–Crippen MR) is 66.4 cm³/mol. The van der Waals surface area contributed by atoms with Crippen molar-refractivity contribution in [1.82, 2.24) is 0 Å². The minimum Gasteiger partial charge on any atom is -0.455 e. The van der Waals surface area contributed by atoms with Gasteiger partial charge < -0.3 is 9.47 Å². The van der Waals surface area contributed by atoms with Crippen LogP contribution < -0.4 is 0 Å². The summed E-state index contributed by atoms with van der Waals surface area (Å²) in [4.78, 5) is 11.6. The molecule has 0 aromatic heterocycles. The molecule has 1 fully saturated rings. The fraction of sp³-hybridized carbons (Fsp3) is 0.750. The van der Waals surface area contributed by atoms with E-state index in [2.05, 4.69) is 13.5 Å². The normalized spacial score (nSPS) is 29.8. The van der Waals surface area contributed by atoms with Gasteiger partial charge in [0.2, 0.25) is 0 Å². The lowest BCUT2D eigenvalue weighted by atomic mass is 9.96. The van der Waals surface area contributed by atoms with Crippen molar-refractivity contribution >= 4 is 17.7 Å². The van der Waals surface area contributed by atoms with E-state index in [1.54, 1.807) is 25.8 Å². The molecule has 0 radical (unpaired) electrons. The average molecular weight is 244 g/mol. The largest absolute Gasteiger partial charge is 0.455 e. The number of hydrogen-bond acceptors (Lipinski definition) is 4. The molecule has 3 nitrogen and oxygen atoms in total. The number of methoxy groups -OCH3 is 1. The number of carbonyl (C=O) groups excluding carboxylic acids is 1. The van der Waals surface area contributed by atoms with E-state index in [4.69, 9.17) is 9.47 Å². The Morgan fingerprint density at radius 3 is 2.69 bits per heavy atom. The van der Waals surface area contributed by atoms with Crippen LogP contribution in [0, 0.1) is 0 Å². The minimum atomic E-state index is -0.324. The van der Waals surface area contributed by atoms with Crippen LogP contribution in [-0.4, -0.2) is 29.9 Å². The van der Waals surface area contributed by atoms with Gasteiger partial charge in [-0.1, -0.05) is 13.5 Å². The molecule has 2 unspecified atom stereocenters. The molecule has 92 valence electrons. The first-order valence-corrected chi connectivity index (χ1v) is 6.61. The highest BCUT2D eigenvalue weighted by Gasteiger charge is 2.37. The third-order valence-corrected chi connectivity index (χ3v) is 4.43. The summed E-state index contributed by atoms with van der Waals surface area (Å²) < 4.78 is 10.9. The van der Waals surface area contributed by atoms with Gasteiger partial charge in [-0.25, -0.2) is 4.79 Å². The Morgan fingerprint density at radius 1 is 1.62 bits per heavy atom. The summed E-state index contributed by atoms with van der Waals surface area (Å²) in [6.07, 6.45) is 2.64. The standard InChI is InChI=1S/C12H20O3S/c1-5-12(15-11(13)9(2)3)7-6-10(14-4)16-8-12/h10H,2,5-8H2,1,3-4H3. The van der Waals surface area contributed by atoms with Gasteiger partial charge in [-0.2, -0.15) is 0 Å². The Hall–Kier alpha value is -0.480. The lowest BCUT2D eigenvalue weighted by molar-refractivity contribution is -0.154. The summed E-state index contributed by atoms with van der Waals surface area (Å²) in [5.74, 6) is 0.527. The summed E-state index contributed by atoms with van der Waals surface area (Å²) in [6, 6.07) is 0. The number of esters is 1. The maximum Gasteiger partial charge on any atom is 0.333 e. The van der Waals surface area contributed by atoms with Crippen LogP contribution in [0.15, 0.2) is 12.2 Å². The van der Waals surface area contributed by atoms with E-state index in [0.717, 1.165) is 25.0 Å². The van der Waals surface area contributed by atoms with E-state index in [1.807, 2.05) is 0 Å². The first-order chi connectivity index (χ1) is 7.53. The molecule has 1 rings (SSSR count). The van der Waals surface area contributed by atoms with Gasteiger partial charge in [-0.3, -0.25) is 0 Å². The fourth-order valence-corrected chi connectivity index (χ4v) is 3.00. The van der Waals surface area contributed by atoms with Crippen LogP contribution in [0.25, 0.3) is 0 Å². The van der Waals surface area contributed by atoms with Gasteiger partial charge in [-0.15, -0.1) is 11.8 Å². The second-order valence-corrected chi connectivity index (χ2v) is 5.37. The van der Waals surface area contributed by atoms with Crippen molar-refractivity contribution in [2.45, 2.75) is 44.1 Å². The molecular formula is C12H20O3S. The van der Waals surface area contributed by atoms with Crippen molar-refractivity contribution in [2.75, 3.05) is 12.9 Å². The van der Waals surface area contributed by atoms with Crippen LogP contribution in [0.5, 0.6) is 0 Å². The molecule has 0 aromatic carbocycles. The molecule has 0 N–H and O–H groups in total. The van der Waals surface area contributed by atoms with Gasteiger partial charge in [0.15, 0.2) is 0 Å². The molecule has 1 aliphatic rings. The van der Waals surface area contributed by atoms with E-state index < -0.39 is 0 Å². The third kappa shape index (κ3) is 3.25. The van der Waals surface area contributed by atoms with Crippen molar-refractivity contribution in [3.63, 3.8) is 0 Å².